The monoisotopic (exact) mass is 332 g/mol. The SMILES string of the molecule is CC#Cc1ccc2[nH]c3c(c2c1)CCN(CCCS(=O)(=O)O)C3. The van der Waals surface area contributed by atoms with Crippen molar-refractivity contribution in [2.24, 2.45) is 0 Å². The zero-order valence-electron chi connectivity index (χ0n) is 13.1. The second-order valence-corrected chi connectivity index (χ2v) is 7.46. The van der Waals surface area contributed by atoms with Gasteiger partial charge in [-0.05, 0) is 50.1 Å². The molecule has 0 unspecified atom stereocenters. The Bertz CT molecular complexity index is 888. The minimum absolute atomic E-state index is 0.178. The lowest BCUT2D eigenvalue weighted by Gasteiger charge is -2.26. The van der Waals surface area contributed by atoms with Crippen molar-refractivity contribution in [3.63, 3.8) is 0 Å². The number of benzene rings is 1. The first-order valence-corrected chi connectivity index (χ1v) is 9.31. The average molecular weight is 332 g/mol. The van der Waals surface area contributed by atoms with Crippen LogP contribution in [0.25, 0.3) is 10.9 Å². The summed E-state index contributed by atoms with van der Waals surface area (Å²) in [7, 11) is -3.86. The Balaban J connectivity index is 1.76. The second-order valence-electron chi connectivity index (χ2n) is 5.88. The maximum absolute atomic E-state index is 10.8. The summed E-state index contributed by atoms with van der Waals surface area (Å²) < 4.78 is 30.4. The molecule has 0 fully saturated rings. The van der Waals surface area contributed by atoms with Crippen LogP contribution in [0.1, 0.15) is 30.2 Å². The number of aromatic amines is 1. The van der Waals surface area contributed by atoms with E-state index in [0.717, 1.165) is 30.6 Å². The van der Waals surface area contributed by atoms with Crippen molar-refractivity contribution in [2.45, 2.75) is 26.3 Å². The van der Waals surface area contributed by atoms with Crippen LogP contribution in [0.2, 0.25) is 0 Å². The van der Waals surface area contributed by atoms with E-state index in [1.807, 2.05) is 13.0 Å². The molecule has 1 aliphatic rings. The lowest BCUT2D eigenvalue weighted by Crippen LogP contribution is -2.32. The van der Waals surface area contributed by atoms with Crippen LogP contribution in [0.15, 0.2) is 18.2 Å². The number of hydrogen-bond acceptors (Lipinski definition) is 3. The van der Waals surface area contributed by atoms with E-state index in [0.29, 0.717) is 13.0 Å². The maximum atomic E-state index is 10.8. The van der Waals surface area contributed by atoms with Crippen molar-refractivity contribution >= 4 is 21.0 Å². The zero-order valence-corrected chi connectivity index (χ0v) is 13.9. The Morgan fingerprint density at radius 3 is 2.96 bits per heavy atom. The molecule has 3 rings (SSSR count). The lowest BCUT2D eigenvalue weighted by molar-refractivity contribution is 0.252. The molecule has 0 bridgehead atoms. The van der Waals surface area contributed by atoms with Crippen molar-refractivity contribution in [3.8, 4) is 11.8 Å². The number of nitrogens with one attached hydrogen (secondary N) is 1. The van der Waals surface area contributed by atoms with Crippen molar-refractivity contribution < 1.29 is 13.0 Å². The third-order valence-corrected chi connectivity index (χ3v) is 5.00. The summed E-state index contributed by atoms with van der Waals surface area (Å²) in [6.45, 7) is 4.18. The minimum atomic E-state index is -3.86. The molecule has 1 aliphatic heterocycles. The normalized spacial score (nSPS) is 15.2. The van der Waals surface area contributed by atoms with E-state index >= 15 is 0 Å². The summed E-state index contributed by atoms with van der Waals surface area (Å²) in [5, 5.41) is 1.23. The first-order chi connectivity index (χ1) is 11.0. The molecule has 122 valence electrons. The van der Waals surface area contributed by atoms with Gasteiger partial charge in [0, 0.05) is 35.2 Å². The van der Waals surface area contributed by atoms with Gasteiger partial charge in [-0.2, -0.15) is 8.42 Å². The molecule has 2 N–H and O–H groups in total. The van der Waals surface area contributed by atoms with Crippen LogP contribution in [0.5, 0.6) is 0 Å². The van der Waals surface area contributed by atoms with E-state index in [4.69, 9.17) is 4.55 Å². The van der Waals surface area contributed by atoms with Crippen molar-refractivity contribution in [2.75, 3.05) is 18.8 Å². The molecule has 6 heteroatoms. The number of fused-ring (bicyclic) bond motifs is 3. The Hall–Kier alpha value is -1.81. The van der Waals surface area contributed by atoms with Crippen LogP contribution >= 0.6 is 0 Å². The van der Waals surface area contributed by atoms with Crippen LogP contribution in [0.4, 0.5) is 0 Å². The quantitative estimate of drug-likeness (QED) is 0.665. The number of hydrogen-bond donors (Lipinski definition) is 2. The van der Waals surface area contributed by atoms with Gasteiger partial charge in [-0.25, -0.2) is 0 Å². The van der Waals surface area contributed by atoms with Gasteiger partial charge in [0.1, 0.15) is 0 Å². The molecular weight excluding hydrogens is 312 g/mol. The number of aromatic nitrogens is 1. The molecular formula is C17H20N2O3S. The molecule has 0 saturated carbocycles. The summed E-state index contributed by atoms with van der Waals surface area (Å²) in [5.74, 6) is 5.84. The van der Waals surface area contributed by atoms with Gasteiger partial charge in [0.15, 0.2) is 0 Å². The summed E-state index contributed by atoms with van der Waals surface area (Å²) in [4.78, 5) is 5.68. The van der Waals surface area contributed by atoms with E-state index < -0.39 is 10.1 Å². The molecule has 23 heavy (non-hydrogen) atoms. The Morgan fingerprint density at radius 1 is 1.39 bits per heavy atom. The average Bonchev–Trinajstić information content (AvgIpc) is 2.83. The van der Waals surface area contributed by atoms with E-state index in [2.05, 4.69) is 33.9 Å². The van der Waals surface area contributed by atoms with Crippen LogP contribution in [0.3, 0.4) is 0 Å². The third-order valence-electron chi connectivity index (χ3n) is 4.20. The van der Waals surface area contributed by atoms with Gasteiger partial charge < -0.3 is 4.98 Å². The Labute approximate surface area is 136 Å². The highest BCUT2D eigenvalue weighted by atomic mass is 32.2. The van der Waals surface area contributed by atoms with Crippen LogP contribution in [0, 0.1) is 11.8 Å². The van der Waals surface area contributed by atoms with Gasteiger partial charge in [0.2, 0.25) is 0 Å². The number of nitrogens with zero attached hydrogens (tertiary/aromatic N) is 1. The summed E-state index contributed by atoms with van der Waals surface area (Å²) in [5.41, 5.74) is 4.68. The van der Waals surface area contributed by atoms with Crippen LogP contribution < -0.4 is 0 Å². The van der Waals surface area contributed by atoms with Crippen molar-refractivity contribution in [1.82, 2.24) is 9.88 Å². The van der Waals surface area contributed by atoms with Crippen LogP contribution in [-0.2, 0) is 23.1 Å². The first-order valence-electron chi connectivity index (χ1n) is 7.70. The molecule has 0 amide bonds. The smallest absolute Gasteiger partial charge is 0.264 e. The number of H-pyrrole nitrogens is 1. The van der Waals surface area contributed by atoms with Gasteiger partial charge in [0.25, 0.3) is 10.1 Å². The highest BCUT2D eigenvalue weighted by Gasteiger charge is 2.20. The topological polar surface area (TPSA) is 73.4 Å². The summed E-state index contributed by atoms with van der Waals surface area (Å²) >= 11 is 0. The molecule has 0 spiro atoms. The van der Waals surface area contributed by atoms with E-state index in [1.165, 1.54) is 16.6 Å². The minimum Gasteiger partial charge on any atom is -0.357 e. The first kappa shape index (κ1) is 16.1. The zero-order chi connectivity index (χ0) is 16.4. The van der Waals surface area contributed by atoms with Gasteiger partial charge in [-0.15, -0.1) is 5.92 Å². The Morgan fingerprint density at radius 2 is 2.22 bits per heavy atom. The third kappa shape index (κ3) is 3.75. The predicted molar refractivity (Wildman–Crippen MR) is 90.9 cm³/mol. The van der Waals surface area contributed by atoms with Crippen molar-refractivity contribution in [1.29, 1.82) is 0 Å². The maximum Gasteiger partial charge on any atom is 0.264 e. The molecule has 5 nitrogen and oxygen atoms in total. The number of rotatable bonds is 4. The van der Waals surface area contributed by atoms with Crippen molar-refractivity contribution in [3.05, 3.63) is 35.0 Å². The second kappa shape index (κ2) is 6.36. The largest absolute Gasteiger partial charge is 0.357 e. The highest BCUT2D eigenvalue weighted by molar-refractivity contribution is 7.85. The predicted octanol–water partition coefficient (Wildman–Crippen LogP) is 2.18. The van der Waals surface area contributed by atoms with E-state index in [-0.39, 0.29) is 5.75 Å². The summed E-state index contributed by atoms with van der Waals surface area (Å²) in [6, 6.07) is 6.22. The molecule has 0 atom stereocenters. The standard InChI is InChI=1S/C17H20N2O3S/c1-2-4-13-5-6-16-15(11-13)14-7-9-19(12-17(14)18-16)8-3-10-23(20,21)22/h5-6,11,18H,3,7-10,12H2,1H3,(H,20,21,22). The fourth-order valence-corrected chi connectivity index (χ4v) is 3.67. The van der Waals surface area contributed by atoms with E-state index in [1.54, 1.807) is 0 Å². The molecule has 0 radical (unpaired) electrons. The molecule has 2 aromatic rings. The highest BCUT2D eigenvalue weighted by Crippen LogP contribution is 2.28. The van der Waals surface area contributed by atoms with Crippen LogP contribution in [-0.4, -0.2) is 41.7 Å². The molecule has 2 heterocycles. The van der Waals surface area contributed by atoms with Gasteiger partial charge in [-0.1, -0.05) is 5.92 Å². The van der Waals surface area contributed by atoms with Gasteiger partial charge in [0.05, 0.1) is 5.75 Å². The summed E-state index contributed by atoms with van der Waals surface area (Å²) in [6.07, 6.45) is 1.38. The molecule has 0 aliphatic carbocycles. The fourth-order valence-electron chi connectivity index (χ4n) is 3.18. The molecule has 0 saturated heterocycles. The lowest BCUT2D eigenvalue weighted by atomic mass is 10.0. The van der Waals surface area contributed by atoms with E-state index in [9.17, 15) is 8.42 Å². The molecule has 1 aromatic carbocycles. The fraction of sp³-hybridized carbons (Fsp3) is 0.412. The molecule has 1 aromatic heterocycles. The van der Waals surface area contributed by atoms with Gasteiger partial charge in [-0.3, -0.25) is 9.45 Å². The van der Waals surface area contributed by atoms with Gasteiger partial charge >= 0.3 is 0 Å². The Kier molecular flexibility index (Phi) is 4.44.